The van der Waals surface area contributed by atoms with Crippen molar-refractivity contribution in [1.82, 2.24) is 5.32 Å². The summed E-state index contributed by atoms with van der Waals surface area (Å²) in [4.78, 5) is 0. The van der Waals surface area contributed by atoms with Crippen molar-refractivity contribution >= 4 is 0 Å². The van der Waals surface area contributed by atoms with Gasteiger partial charge in [0.1, 0.15) is 0 Å². The maximum Gasteiger partial charge on any atom is 0.0201 e. The molecular weight excluding hydrogens is 134 g/mol. The predicted octanol–water partition coefficient (Wildman–Crippen LogP) is 2.93. The van der Waals surface area contributed by atoms with Gasteiger partial charge in [0.05, 0.1) is 0 Å². The van der Waals surface area contributed by atoms with E-state index in [4.69, 9.17) is 0 Å². The number of hydrogen-bond donors (Lipinski definition) is 1. The molecule has 0 atom stereocenters. The molecule has 0 aromatic heterocycles. The van der Waals surface area contributed by atoms with E-state index in [1.165, 1.54) is 0 Å². The Labute approximate surface area is 70.9 Å². The highest BCUT2D eigenvalue weighted by molar-refractivity contribution is 4.95. The summed E-state index contributed by atoms with van der Waals surface area (Å²) in [5.74, 6) is 0. The van der Waals surface area contributed by atoms with Gasteiger partial charge >= 0.3 is 0 Å². The van der Waals surface area contributed by atoms with E-state index in [0.717, 1.165) is 12.1 Å². The molecule has 0 aliphatic carbocycles. The molecule has 1 nitrogen and oxygen atoms in total. The van der Waals surface area contributed by atoms with Crippen molar-refractivity contribution in [2.75, 3.05) is 0 Å². The van der Waals surface area contributed by atoms with Gasteiger partial charge in [-0.25, -0.2) is 0 Å². The van der Waals surface area contributed by atoms with E-state index >= 15 is 0 Å². The Kier molecular flexibility index (Phi) is 3.64. The standard InChI is InChI=1S/C10H21N/c1-8(2)11-9(3)7-10(4,5)6/h8,11H,3,7H2,1-2,4-6H3. The third kappa shape index (κ3) is 7.44. The van der Waals surface area contributed by atoms with Crippen LogP contribution < -0.4 is 5.32 Å². The van der Waals surface area contributed by atoms with Gasteiger partial charge in [-0.05, 0) is 25.7 Å². The van der Waals surface area contributed by atoms with Gasteiger partial charge in [-0.15, -0.1) is 0 Å². The van der Waals surface area contributed by atoms with E-state index in [1.54, 1.807) is 0 Å². The van der Waals surface area contributed by atoms with Gasteiger partial charge in [-0.3, -0.25) is 0 Å². The molecule has 0 radical (unpaired) electrons. The van der Waals surface area contributed by atoms with Crippen LogP contribution in [0.1, 0.15) is 41.0 Å². The highest BCUT2D eigenvalue weighted by Crippen LogP contribution is 2.21. The lowest BCUT2D eigenvalue weighted by Gasteiger charge is -2.22. The molecule has 0 bridgehead atoms. The Morgan fingerprint density at radius 2 is 1.82 bits per heavy atom. The molecule has 0 aromatic rings. The Morgan fingerprint density at radius 3 is 2.09 bits per heavy atom. The van der Waals surface area contributed by atoms with E-state index in [9.17, 15) is 0 Å². The predicted molar refractivity (Wildman–Crippen MR) is 51.5 cm³/mol. The van der Waals surface area contributed by atoms with Crippen LogP contribution in [0.5, 0.6) is 0 Å². The zero-order chi connectivity index (χ0) is 9.07. The third-order valence-corrected chi connectivity index (χ3v) is 1.24. The summed E-state index contributed by atoms with van der Waals surface area (Å²) in [6, 6.07) is 0.504. The lowest BCUT2D eigenvalue weighted by molar-refractivity contribution is 0.394. The molecule has 0 aliphatic heterocycles. The fourth-order valence-corrected chi connectivity index (χ4v) is 1.10. The molecule has 0 heterocycles. The Hall–Kier alpha value is -0.460. The van der Waals surface area contributed by atoms with Crippen LogP contribution >= 0.6 is 0 Å². The summed E-state index contributed by atoms with van der Waals surface area (Å²) in [6.45, 7) is 14.9. The molecule has 0 unspecified atom stereocenters. The average molecular weight is 155 g/mol. The molecule has 0 saturated heterocycles. The third-order valence-electron chi connectivity index (χ3n) is 1.24. The van der Waals surface area contributed by atoms with Crippen LogP contribution in [0.4, 0.5) is 0 Å². The van der Waals surface area contributed by atoms with Crippen molar-refractivity contribution in [2.24, 2.45) is 5.41 Å². The second-order valence-electron chi connectivity index (χ2n) is 4.64. The normalized spacial score (nSPS) is 11.8. The molecule has 0 saturated carbocycles. The maximum atomic E-state index is 3.97. The van der Waals surface area contributed by atoms with Gasteiger partial charge < -0.3 is 5.32 Å². The van der Waals surface area contributed by atoms with Gasteiger partial charge in [-0.2, -0.15) is 0 Å². The van der Waals surface area contributed by atoms with Crippen LogP contribution in [0.3, 0.4) is 0 Å². The molecule has 66 valence electrons. The first-order chi connectivity index (χ1) is 4.81. The van der Waals surface area contributed by atoms with Gasteiger partial charge in [0.15, 0.2) is 0 Å². The molecule has 11 heavy (non-hydrogen) atoms. The minimum atomic E-state index is 0.346. The molecular formula is C10H21N. The van der Waals surface area contributed by atoms with Crippen molar-refractivity contribution in [3.05, 3.63) is 12.3 Å². The lowest BCUT2D eigenvalue weighted by Crippen LogP contribution is -2.24. The molecule has 0 rings (SSSR count). The number of hydrogen-bond acceptors (Lipinski definition) is 1. The van der Waals surface area contributed by atoms with Crippen LogP contribution in [-0.2, 0) is 0 Å². The lowest BCUT2D eigenvalue weighted by atomic mass is 9.91. The summed E-state index contributed by atoms with van der Waals surface area (Å²) in [7, 11) is 0. The molecule has 0 spiro atoms. The van der Waals surface area contributed by atoms with Crippen molar-refractivity contribution in [3.8, 4) is 0 Å². The molecule has 0 aromatic carbocycles. The van der Waals surface area contributed by atoms with Crippen LogP contribution in [-0.4, -0.2) is 6.04 Å². The van der Waals surface area contributed by atoms with Crippen molar-refractivity contribution < 1.29 is 0 Å². The quantitative estimate of drug-likeness (QED) is 0.660. The first-order valence-corrected chi connectivity index (χ1v) is 4.25. The second-order valence-corrected chi connectivity index (χ2v) is 4.64. The fourth-order valence-electron chi connectivity index (χ4n) is 1.10. The zero-order valence-corrected chi connectivity index (χ0v) is 8.49. The molecule has 1 heteroatoms. The van der Waals surface area contributed by atoms with Gasteiger partial charge in [0.2, 0.25) is 0 Å². The van der Waals surface area contributed by atoms with E-state index in [-0.39, 0.29) is 0 Å². The molecule has 0 fully saturated rings. The number of rotatable bonds is 3. The minimum Gasteiger partial charge on any atom is -0.387 e. The Balaban J connectivity index is 3.71. The van der Waals surface area contributed by atoms with Gasteiger partial charge in [-0.1, -0.05) is 27.4 Å². The van der Waals surface area contributed by atoms with E-state index in [1.807, 2.05) is 0 Å². The second kappa shape index (κ2) is 3.80. The Bertz CT molecular complexity index is 128. The summed E-state index contributed by atoms with van der Waals surface area (Å²) in [6.07, 6.45) is 1.05. The van der Waals surface area contributed by atoms with E-state index in [2.05, 4.69) is 46.5 Å². The monoisotopic (exact) mass is 155 g/mol. The summed E-state index contributed by atoms with van der Waals surface area (Å²) >= 11 is 0. The van der Waals surface area contributed by atoms with Crippen LogP contribution in [0.25, 0.3) is 0 Å². The number of nitrogens with one attached hydrogen (secondary N) is 1. The average Bonchev–Trinajstić information content (AvgIpc) is 1.53. The van der Waals surface area contributed by atoms with Crippen molar-refractivity contribution in [2.45, 2.75) is 47.1 Å². The highest BCUT2D eigenvalue weighted by Gasteiger charge is 2.11. The Morgan fingerprint density at radius 1 is 1.36 bits per heavy atom. The molecule has 1 N–H and O–H groups in total. The summed E-state index contributed by atoms with van der Waals surface area (Å²) in [5.41, 5.74) is 1.49. The SMILES string of the molecule is C=C(CC(C)(C)C)NC(C)C. The summed E-state index contributed by atoms with van der Waals surface area (Å²) in [5, 5.41) is 3.30. The zero-order valence-electron chi connectivity index (χ0n) is 8.49. The number of allylic oxidation sites excluding steroid dienone is 1. The van der Waals surface area contributed by atoms with E-state index in [0.29, 0.717) is 11.5 Å². The fraction of sp³-hybridized carbons (Fsp3) is 0.800. The maximum absolute atomic E-state index is 3.97. The minimum absolute atomic E-state index is 0.346. The van der Waals surface area contributed by atoms with Gasteiger partial charge in [0, 0.05) is 11.7 Å². The topological polar surface area (TPSA) is 12.0 Å². The first kappa shape index (κ1) is 10.5. The van der Waals surface area contributed by atoms with Crippen molar-refractivity contribution in [1.29, 1.82) is 0 Å². The van der Waals surface area contributed by atoms with Gasteiger partial charge in [0.25, 0.3) is 0 Å². The van der Waals surface area contributed by atoms with Crippen LogP contribution in [0.2, 0.25) is 0 Å². The van der Waals surface area contributed by atoms with Crippen LogP contribution in [0.15, 0.2) is 12.3 Å². The highest BCUT2D eigenvalue weighted by atomic mass is 14.9. The smallest absolute Gasteiger partial charge is 0.0201 e. The van der Waals surface area contributed by atoms with Crippen LogP contribution in [0, 0.1) is 5.41 Å². The van der Waals surface area contributed by atoms with E-state index < -0.39 is 0 Å². The van der Waals surface area contributed by atoms with Crippen molar-refractivity contribution in [3.63, 3.8) is 0 Å². The molecule has 0 amide bonds. The largest absolute Gasteiger partial charge is 0.387 e. The first-order valence-electron chi connectivity index (χ1n) is 4.25. The summed E-state index contributed by atoms with van der Waals surface area (Å²) < 4.78 is 0. The molecule has 0 aliphatic rings.